The zero-order valence-electron chi connectivity index (χ0n) is 16.8. The van der Waals surface area contributed by atoms with Gasteiger partial charge in [0.05, 0.1) is 17.8 Å². The molecule has 1 aliphatic heterocycles. The molecule has 1 saturated heterocycles. The van der Waals surface area contributed by atoms with Gasteiger partial charge >= 0.3 is 0 Å². The molecule has 0 saturated carbocycles. The largest absolute Gasteiger partial charge is 0.366 e. The van der Waals surface area contributed by atoms with Gasteiger partial charge in [0, 0.05) is 39.8 Å². The number of fused-ring (bicyclic) bond motifs is 1. The van der Waals surface area contributed by atoms with Crippen molar-refractivity contribution in [2.45, 2.75) is 6.54 Å². The van der Waals surface area contributed by atoms with Gasteiger partial charge in [0.15, 0.2) is 5.69 Å². The molecule has 156 valence electrons. The molecule has 3 heterocycles. The second-order valence-corrected chi connectivity index (χ2v) is 7.74. The van der Waals surface area contributed by atoms with E-state index in [1.807, 2.05) is 11.0 Å². The minimum absolute atomic E-state index is 0.0407. The van der Waals surface area contributed by atoms with Crippen LogP contribution in [-0.4, -0.2) is 40.6 Å². The average Bonchev–Trinajstić information content (AvgIpc) is 2.78. The summed E-state index contributed by atoms with van der Waals surface area (Å²) in [6.45, 7) is 9.73. The number of rotatable bonds is 3. The molecule has 31 heavy (non-hydrogen) atoms. The number of halogens is 2. The highest BCUT2D eigenvalue weighted by Gasteiger charge is 2.25. The molecular weight excluding hydrogens is 419 g/mol. The Balaban J connectivity index is 1.61. The van der Waals surface area contributed by atoms with Crippen molar-refractivity contribution in [1.82, 2.24) is 14.5 Å². The Morgan fingerprint density at radius 3 is 2.65 bits per heavy atom. The van der Waals surface area contributed by atoms with Crippen molar-refractivity contribution >= 4 is 34.0 Å². The molecule has 0 spiro atoms. The van der Waals surface area contributed by atoms with Gasteiger partial charge in [-0.2, -0.15) is 5.26 Å². The van der Waals surface area contributed by atoms with E-state index < -0.39 is 0 Å². The van der Waals surface area contributed by atoms with Crippen molar-refractivity contribution in [3.8, 4) is 6.07 Å². The van der Waals surface area contributed by atoms with Crippen LogP contribution in [0.3, 0.4) is 0 Å². The summed E-state index contributed by atoms with van der Waals surface area (Å²) < 4.78 is 15.7. The van der Waals surface area contributed by atoms with E-state index >= 15 is 0 Å². The van der Waals surface area contributed by atoms with Crippen LogP contribution in [0.15, 0.2) is 35.1 Å². The molecule has 0 amide bonds. The van der Waals surface area contributed by atoms with E-state index in [1.54, 1.807) is 31.3 Å². The Labute approximate surface area is 183 Å². The van der Waals surface area contributed by atoms with E-state index in [9.17, 15) is 14.4 Å². The molecule has 0 aliphatic carbocycles. The Bertz CT molecular complexity index is 1310. The van der Waals surface area contributed by atoms with Crippen molar-refractivity contribution in [3.63, 3.8) is 0 Å². The third-order valence-electron chi connectivity index (χ3n) is 5.54. The number of aromatic nitrogens is 2. The van der Waals surface area contributed by atoms with Crippen molar-refractivity contribution in [3.05, 3.63) is 74.2 Å². The second-order valence-electron chi connectivity index (χ2n) is 7.35. The van der Waals surface area contributed by atoms with E-state index in [0.717, 1.165) is 0 Å². The number of hydrogen-bond donors (Lipinski definition) is 0. The van der Waals surface area contributed by atoms with Crippen molar-refractivity contribution in [1.29, 1.82) is 5.26 Å². The van der Waals surface area contributed by atoms with Gasteiger partial charge in [0.25, 0.3) is 5.56 Å². The first-order valence-corrected chi connectivity index (χ1v) is 10.0. The summed E-state index contributed by atoms with van der Waals surface area (Å²) in [6.07, 6.45) is 0. The maximum atomic E-state index is 14.3. The summed E-state index contributed by atoms with van der Waals surface area (Å²) in [5.74, 6) is -0.390. The lowest BCUT2D eigenvalue weighted by Gasteiger charge is -2.36. The maximum absolute atomic E-state index is 14.3. The number of nitrogens with zero attached hydrogens (tertiary/aromatic N) is 6. The fourth-order valence-corrected chi connectivity index (χ4v) is 4.03. The van der Waals surface area contributed by atoms with Crippen LogP contribution in [0, 0.1) is 23.7 Å². The fourth-order valence-electron chi connectivity index (χ4n) is 3.88. The zero-order valence-corrected chi connectivity index (χ0v) is 17.5. The summed E-state index contributed by atoms with van der Waals surface area (Å²) in [7, 11) is 1.61. The Hall–Kier alpha value is -3.46. The highest BCUT2D eigenvalue weighted by Crippen LogP contribution is 2.29. The van der Waals surface area contributed by atoms with Gasteiger partial charge in [-0.1, -0.05) is 23.7 Å². The second kappa shape index (κ2) is 8.35. The number of benzene rings is 1. The molecule has 0 unspecified atom stereocenters. The minimum Gasteiger partial charge on any atom is -0.366 e. The van der Waals surface area contributed by atoms with Crippen LogP contribution in [0.4, 0.5) is 15.8 Å². The van der Waals surface area contributed by atoms with E-state index in [2.05, 4.69) is 14.7 Å². The molecule has 9 heteroatoms. The summed E-state index contributed by atoms with van der Waals surface area (Å²) >= 11 is 6.11. The molecule has 7 nitrogen and oxygen atoms in total. The third kappa shape index (κ3) is 3.84. The van der Waals surface area contributed by atoms with Crippen LogP contribution in [0.2, 0.25) is 5.15 Å². The minimum atomic E-state index is -0.390. The summed E-state index contributed by atoms with van der Waals surface area (Å²) in [4.78, 5) is 24.5. The first-order chi connectivity index (χ1) is 14.9. The van der Waals surface area contributed by atoms with Gasteiger partial charge in [-0.05, 0) is 23.8 Å². The number of pyridine rings is 2. The van der Waals surface area contributed by atoms with E-state index in [-0.39, 0.29) is 27.8 Å². The van der Waals surface area contributed by atoms with Crippen LogP contribution in [0.1, 0.15) is 11.1 Å². The number of piperazine rings is 1. The van der Waals surface area contributed by atoms with E-state index in [1.165, 1.54) is 10.6 Å². The molecular formula is C22H18ClFN6O. The fraction of sp³-hybridized carbons (Fsp3) is 0.273. The molecule has 0 atom stereocenters. The van der Waals surface area contributed by atoms with Crippen molar-refractivity contribution in [2.75, 3.05) is 31.1 Å². The topological polar surface area (TPSA) is 69.5 Å². The predicted molar refractivity (Wildman–Crippen MR) is 117 cm³/mol. The molecule has 0 bridgehead atoms. The highest BCUT2D eigenvalue weighted by atomic mass is 35.5. The number of aryl methyl sites for hydroxylation is 1. The number of nitriles is 1. The quantitative estimate of drug-likeness (QED) is 0.464. The first-order valence-electron chi connectivity index (χ1n) is 9.65. The molecule has 4 rings (SSSR count). The van der Waals surface area contributed by atoms with Crippen LogP contribution < -0.4 is 10.5 Å². The Morgan fingerprint density at radius 1 is 1.26 bits per heavy atom. The molecule has 2 aromatic heterocycles. The third-order valence-corrected chi connectivity index (χ3v) is 5.75. The van der Waals surface area contributed by atoms with E-state index in [4.69, 9.17) is 18.2 Å². The SMILES string of the molecule is [C-]#[N+]c1ccc(CN2CCN(c3c(C#N)c(=O)n(C)c4ccc(Cl)nc34)CC2)c(F)c1. The van der Waals surface area contributed by atoms with Gasteiger partial charge in [0.2, 0.25) is 0 Å². The summed E-state index contributed by atoms with van der Waals surface area (Å²) in [5, 5.41) is 9.96. The first kappa shape index (κ1) is 20.8. The molecule has 1 fully saturated rings. The zero-order chi connectivity index (χ0) is 22.1. The molecule has 1 aromatic carbocycles. The standard InChI is InChI=1S/C22H18ClFN6O/c1-26-15-4-3-14(17(24)11-15)13-29-7-9-30(10-8-29)21-16(12-25)22(31)28(2)18-5-6-19(23)27-20(18)21/h3-6,11H,7-10,13H2,2H3. The average molecular weight is 437 g/mol. The lowest BCUT2D eigenvalue weighted by atomic mass is 10.1. The molecule has 3 aromatic rings. The van der Waals surface area contributed by atoms with Crippen molar-refractivity contribution < 1.29 is 4.39 Å². The lowest BCUT2D eigenvalue weighted by molar-refractivity contribution is 0.247. The predicted octanol–water partition coefficient (Wildman–Crippen LogP) is 3.47. The van der Waals surface area contributed by atoms with Crippen LogP contribution >= 0.6 is 11.6 Å². The monoisotopic (exact) mass is 436 g/mol. The number of anilines is 1. The number of hydrogen-bond acceptors (Lipinski definition) is 5. The Morgan fingerprint density at radius 2 is 2.00 bits per heavy atom. The Kier molecular flexibility index (Phi) is 5.60. The van der Waals surface area contributed by atoms with Crippen LogP contribution in [0.5, 0.6) is 0 Å². The maximum Gasteiger partial charge on any atom is 0.270 e. The molecule has 0 N–H and O–H groups in total. The van der Waals surface area contributed by atoms with Gasteiger partial charge in [-0.15, -0.1) is 0 Å². The molecule has 0 radical (unpaired) electrons. The molecule has 1 aliphatic rings. The van der Waals surface area contributed by atoms with Gasteiger partial charge in [0.1, 0.15) is 28.1 Å². The highest BCUT2D eigenvalue weighted by molar-refractivity contribution is 6.29. The smallest absolute Gasteiger partial charge is 0.270 e. The van der Waals surface area contributed by atoms with Gasteiger partial charge in [-0.3, -0.25) is 9.69 Å². The van der Waals surface area contributed by atoms with Gasteiger partial charge in [-0.25, -0.2) is 14.2 Å². The van der Waals surface area contributed by atoms with Crippen molar-refractivity contribution in [2.24, 2.45) is 7.05 Å². The van der Waals surface area contributed by atoms with Crippen LogP contribution in [0.25, 0.3) is 15.9 Å². The van der Waals surface area contributed by atoms with E-state index in [0.29, 0.717) is 55.0 Å². The van der Waals surface area contributed by atoms with Crippen LogP contribution in [-0.2, 0) is 13.6 Å². The lowest BCUT2D eigenvalue weighted by Crippen LogP contribution is -2.47. The normalized spacial score (nSPS) is 14.4. The van der Waals surface area contributed by atoms with Gasteiger partial charge < -0.3 is 9.47 Å². The summed E-state index contributed by atoms with van der Waals surface area (Å²) in [5.41, 5.74) is 2.09. The summed E-state index contributed by atoms with van der Waals surface area (Å²) in [6, 6.07) is 9.88.